The molecule has 0 aromatic carbocycles. The Morgan fingerprint density at radius 1 is 1.25 bits per heavy atom. The van der Waals surface area contributed by atoms with Crippen LogP contribution in [0.5, 0.6) is 0 Å². The molecule has 0 fully saturated rings. The van der Waals surface area contributed by atoms with E-state index in [9.17, 15) is 0 Å². The van der Waals surface area contributed by atoms with Crippen molar-refractivity contribution in [3.8, 4) is 0 Å². The third-order valence-corrected chi connectivity index (χ3v) is 0. The Hall–Kier alpha value is 0.930. The predicted octanol–water partition coefficient (Wildman–Crippen LogP) is 1.31. The molecular weight excluding hydrogens is 330 g/mol. The van der Waals surface area contributed by atoms with Gasteiger partial charge in [0.25, 0.3) is 0 Å². The summed E-state index contributed by atoms with van der Waals surface area (Å²) in [5, 5.41) is 0. The van der Waals surface area contributed by atoms with Gasteiger partial charge in [0.05, 0.1) is 23.7 Å². The summed E-state index contributed by atoms with van der Waals surface area (Å²) in [6.07, 6.45) is 0. The largest absolute Gasteiger partial charge is 0.166 e. The first kappa shape index (κ1) is 8.87. The molecular formula is AmCl2O. The van der Waals surface area contributed by atoms with Crippen molar-refractivity contribution in [2.24, 2.45) is 0 Å². The van der Waals surface area contributed by atoms with Crippen LogP contribution in [-0.4, -0.2) is 0 Å². The van der Waals surface area contributed by atoms with Crippen LogP contribution in [0, 0.1) is 14.3 Å². The summed E-state index contributed by atoms with van der Waals surface area (Å²) in [4.78, 5) is 0. The number of hydrogen-bond donors (Lipinski definition) is 0. The molecule has 0 N–H and O–H groups in total. The maximum atomic E-state index is 4.26. The zero-order valence-electron chi connectivity index (χ0n) is 1.54. The second-order valence-corrected chi connectivity index (χ2v) is 0.525. The molecule has 4 heavy (non-hydrogen) atoms. The van der Waals surface area contributed by atoms with Gasteiger partial charge >= 0.3 is 0 Å². The van der Waals surface area contributed by atoms with Gasteiger partial charge in [0.15, 0.2) is 0 Å². The van der Waals surface area contributed by atoms with E-state index in [0.717, 1.165) is 0 Å². The van der Waals surface area contributed by atoms with Crippen molar-refractivity contribution >= 4 is 23.7 Å². The van der Waals surface area contributed by atoms with Gasteiger partial charge in [-0.15, -0.1) is 0 Å². The fourth-order valence-corrected chi connectivity index (χ4v) is 0. The zero-order valence-corrected chi connectivity index (χ0v) is 6.20. The maximum absolute atomic E-state index is 4.26. The van der Waals surface area contributed by atoms with Gasteiger partial charge in [0.2, 0.25) is 0 Å². The molecule has 0 bridgehead atoms. The summed E-state index contributed by atoms with van der Waals surface area (Å²) in [6, 6.07) is 0. The van der Waals surface area contributed by atoms with Crippen LogP contribution in [0.15, 0.2) is 0 Å². The minimum absolute atomic E-state index is 0. The van der Waals surface area contributed by atoms with Crippen LogP contribution in [0.4, 0.5) is 0 Å². The van der Waals surface area contributed by atoms with Crippen LogP contribution >= 0.6 is 23.7 Å². The smallest absolute Gasteiger partial charge is 0.0832 e. The third-order valence-electron chi connectivity index (χ3n) is 0. The fourth-order valence-electron chi connectivity index (χ4n) is 0. The molecule has 0 aliphatic heterocycles. The van der Waals surface area contributed by atoms with E-state index in [4.69, 9.17) is 0 Å². The molecule has 0 spiro atoms. The molecule has 4 heteroatoms. The number of hydrogen-bond acceptors (Lipinski definition) is 1. The molecule has 1 radical (unpaired) electrons. The Morgan fingerprint density at radius 3 is 1.25 bits per heavy atom. The van der Waals surface area contributed by atoms with E-state index >= 15 is 0 Å². The van der Waals surface area contributed by atoms with Gasteiger partial charge in [-0.2, -0.15) is 3.84 Å². The molecule has 0 aromatic heterocycles. The second-order valence-electron chi connectivity index (χ2n) is 0.0583. The van der Waals surface area contributed by atoms with Crippen LogP contribution in [-0.2, 0) is 3.84 Å². The molecule has 0 saturated carbocycles. The van der Waals surface area contributed by atoms with Gasteiger partial charge in [-0.3, -0.25) is 0 Å². The summed E-state index contributed by atoms with van der Waals surface area (Å²) >= 11 is 8.53. The van der Waals surface area contributed by atoms with E-state index in [1.165, 1.54) is 0 Å². The van der Waals surface area contributed by atoms with Crippen molar-refractivity contribution in [2.45, 2.75) is 0 Å². The summed E-state index contributed by atoms with van der Waals surface area (Å²) in [5.41, 5.74) is 0. The summed E-state index contributed by atoms with van der Waals surface area (Å²) in [7, 11) is 0. The van der Waals surface area contributed by atoms with Crippen LogP contribution in [0.25, 0.3) is 0 Å². The molecule has 0 amide bonds. The van der Waals surface area contributed by atoms with Crippen molar-refractivity contribution in [2.75, 3.05) is 0 Å². The van der Waals surface area contributed by atoms with E-state index in [2.05, 4.69) is 27.6 Å². The summed E-state index contributed by atoms with van der Waals surface area (Å²) in [6.45, 7) is 0. The molecule has 0 saturated heterocycles. The van der Waals surface area contributed by atoms with Gasteiger partial charge in [-0.1, -0.05) is 0 Å². The molecule has 0 unspecified atom stereocenters. The second kappa shape index (κ2) is 9.06. The quantitative estimate of drug-likeness (QED) is 0.651. The van der Waals surface area contributed by atoms with Gasteiger partial charge in [-0.05, 0) is 0 Å². The number of halogens is 2. The Balaban J connectivity index is 0. The minimum Gasteiger partial charge on any atom is -0.166 e. The first-order valence-electron chi connectivity index (χ1n) is 0.309. The average Bonchev–Trinajstić information content (AvgIpc) is 0.918. The Morgan fingerprint density at radius 2 is 1.25 bits per heavy atom. The molecule has 0 rings (SSSR count). The average molecular weight is 330 g/mol. The standard InChI is InChI=1S/Am.Cl2O/c;1-3-2. The van der Waals surface area contributed by atoms with Crippen LogP contribution in [0.2, 0.25) is 0 Å². The van der Waals surface area contributed by atoms with Crippen LogP contribution < -0.4 is 0 Å². The summed E-state index contributed by atoms with van der Waals surface area (Å²) in [5.74, 6) is 0. The molecule has 0 aliphatic rings. The van der Waals surface area contributed by atoms with Crippen molar-refractivity contribution in [1.82, 2.24) is 0 Å². The first-order chi connectivity index (χ1) is 1.41. The number of rotatable bonds is 0. The van der Waals surface area contributed by atoms with Gasteiger partial charge in [0, 0.05) is 14.3 Å². The molecule has 0 heterocycles. The zero-order chi connectivity index (χ0) is 2.71. The molecule has 0 aromatic rings. The normalized spacial score (nSPS) is 4.50. The van der Waals surface area contributed by atoms with Gasteiger partial charge in [-0.25, -0.2) is 0 Å². The molecule has 1 nitrogen and oxygen atoms in total. The monoisotopic (exact) mass is 327 g/mol. The van der Waals surface area contributed by atoms with E-state index in [0.29, 0.717) is 0 Å². The van der Waals surface area contributed by atoms with E-state index in [-0.39, 0.29) is 14.3 Å². The molecule has 27 valence electrons. The topological polar surface area (TPSA) is 9.23 Å². The van der Waals surface area contributed by atoms with Crippen molar-refractivity contribution < 1.29 is 18.1 Å². The Bertz CT molecular complexity index is 6.00. The molecule has 0 atom stereocenters. The Kier molecular flexibility index (Phi) is 20.1. The molecule has 0 aliphatic carbocycles. The van der Waals surface area contributed by atoms with Crippen molar-refractivity contribution in [3.63, 3.8) is 0 Å². The van der Waals surface area contributed by atoms with Crippen LogP contribution in [0.1, 0.15) is 0 Å². The fraction of sp³-hybridized carbons (Fsp3) is 0. The van der Waals surface area contributed by atoms with Crippen molar-refractivity contribution in [3.05, 3.63) is 0 Å². The summed E-state index contributed by atoms with van der Waals surface area (Å²) < 4.78 is 3.19. The predicted molar refractivity (Wildman–Crippen MR) is 12.8 cm³/mol. The maximum Gasteiger partial charge on any atom is 0.0832 e. The Labute approximate surface area is 42.4 Å². The SMILES string of the molecule is ClOCl.[Am]. The van der Waals surface area contributed by atoms with Gasteiger partial charge in [0.1, 0.15) is 0 Å². The first-order valence-corrected chi connectivity index (χ1v) is 0.926. The van der Waals surface area contributed by atoms with Crippen LogP contribution in [0.3, 0.4) is 0 Å². The minimum atomic E-state index is 0. The third kappa shape index (κ3) is 12.6. The van der Waals surface area contributed by atoms with E-state index in [1.54, 1.807) is 0 Å². The van der Waals surface area contributed by atoms with E-state index < -0.39 is 0 Å². The van der Waals surface area contributed by atoms with E-state index in [1.807, 2.05) is 0 Å². The van der Waals surface area contributed by atoms with Gasteiger partial charge < -0.3 is 0 Å². The van der Waals surface area contributed by atoms with Crippen molar-refractivity contribution in [1.29, 1.82) is 0 Å².